The smallest absolute Gasteiger partial charge is 0.218 e. The fourth-order valence-electron chi connectivity index (χ4n) is 1.72. The highest BCUT2D eigenvalue weighted by Gasteiger charge is 2.01. The van der Waals surface area contributed by atoms with E-state index in [4.69, 9.17) is 9.63 Å². The minimum atomic E-state index is -2.59. The molecule has 2 aromatic carbocycles. The number of rotatable bonds is 4. The van der Waals surface area contributed by atoms with Gasteiger partial charge in [0.1, 0.15) is 5.75 Å². The molecule has 0 aliphatic rings. The lowest BCUT2D eigenvalue weighted by Crippen LogP contribution is -1.94. The van der Waals surface area contributed by atoms with Crippen LogP contribution in [0, 0.1) is 0 Å². The molecule has 0 aromatic heterocycles. The maximum atomic E-state index is 10.9. The molecule has 0 fully saturated rings. The van der Waals surface area contributed by atoms with Crippen LogP contribution in [0.4, 0.5) is 0 Å². The summed E-state index contributed by atoms with van der Waals surface area (Å²) in [7, 11) is -2.59. The normalized spacial score (nSPS) is 12.1. The van der Waals surface area contributed by atoms with Gasteiger partial charge in [0.05, 0.1) is 6.61 Å². The average molecular weight is 262 g/mol. The van der Waals surface area contributed by atoms with E-state index in [0.717, 1.165) is 16.9 Å². The fraction of sp³-hybridized carbons (Fsp3) is 0.143. The largest absolute Gasteiger partial charge is 0.494 e. The average Bonchev–Trinajstić information content (AvgIpc) is 2.40. The van der Waals surface area contributed by atoms with Gasteiger partial charge in [0.15, 0.2) is 0 Å². The maximum Gasteiger partial charge on any atom is 0.218 e. The molecule has 1 unspecified atom stereocenters. The summed E-state index contributed by atoms with van der Waals surface area (Å²) in [6.07, 6.45) is 0. The molecule has 0 bridgehead atoms. The van der Waals surface area contributed by atoms with Gasteiger partial charge in [-0.15, -0.1) is 0 Å². The van der Waals surface area contributed by atoms with Gasteiger partial charge in [-0.25, -0.2) is 0 Å². The topological polar surface area (TPSA) is 46.5 Å². The third kappa shape index (κ3) is 3.00. The molecule has 0 aliphatic carbocycles. The van der Waals surface area contributed by atoms with E-state index in [2.05, 4.69) is 0 Å². The summed E-state index contributed by atoms with van der Waals surface area (Å²) in [6, 6.07) is 14.9. The third-order valence-corrected chi connectivity index (χ3v) is 3.46. The summed E-state index contributed by atoms with van der Waals surface area (Å²) < 4.78 is 16.3. The van der Waals surface area contributed by atoms with Gasteiger partial charge in [0.2, 0.25) is 8.03 Å². The lowest BCUT2D eigenvalue weighted by molar-refractivity contribution is 0.340. The van der Waals surface area contributed by atoms with E-state index < -0.39 is 8.03 Å². The SMILES string of the molecule is CCOc1ccc(-c2ccc([PH](=O)O)cc2)cc1. The van der Waals surface area contributed by atoms with Crippen molar-refractivity contribution in [2.24, 2.45) is 0 Å². The Kier molecular flexibility index (Phi) is 4.19. The van der Waals surface area contributed by atoms with Crippen molar-refractivity contribution < 1.29 is 14.2 Å². The maximum absolute atomic E-state index is 10.9. The Morgan fingerprint density at radius 3 is 1.94 bits per heavy atom. The molecule has 0 heterocycles. The summed E-state index contributed by atoms with van der Waals surface area (Å²) in [5.41, 5.74) is 2.08. The van der Waals surface area contributed by atoms with Gasteiger partial charge in [-0.2, -0.15) is 0 Å². The molecule has 0 amide bonds. The highest BCUT2D eigenvalue weighted by molar-refractivity contribution is 7.47. The fourth-order valence-corrected chi connectivity index (χ4v) is 2.17. The van der Waals surface area contributed by atoms with E-state index in [1.165, 1.54) is 0 Å². The molecular weight excluding hydrogens is 247 g/mol. The molecule has 0 saturated heterocycles. The number of hydrogen-bond donors (Lipinski definition) is 1. The summed E-state index contributed by atoms with van der Waals surface area (Å²) in [6.45, 7) is 2.60. The molecule has 1 atom stereocenters. The van der Waals surface area contributed by atoms with Crippen molar-refractivity contribution in [1.29, 1.82) is 0 Å². The highest BCUT2D eigenvalue weighted by Crippen LogP contribution is 2.23. The minimum absolute atomic E-state index is 0.481. The van der Waals surface area contributed by atoms with Crippen molar-refractivity contribution in [2.75, 3.05) is 6.61 Å². The van der Waals surface area contributed by atoms with E-state index in [1.54, 1.807) is 12.1 Å². The quantitative estimate of drug-likeness (QED) is 0.862. The second kappa shape index (κ2) is 5.85. The highest BCUT2D eigenvalue weighted by atomic mass is 31.1. The summed E-state index contributed by atoms with van der Waals surface area (Å²) >= 11 is 0. The minimum Gasteiger partial charge on any atom is -0.494 e. The summed E-state index contributed by atoms with van der Waals surface area (Å²) in [5, 5.41) is 0.481. The Morgan fingerprint density at radius 2 is 1.50 bits per heavy atom. The van der Waals surface area contributed by atoms with E-state index in [1.807, 2.05) is 43.3 Å². The molecule has 4 heteroatoms. The van der Waals surface area contributed by atoms with Gasteiger partial charge in [-0.05, 0) is 42.3 Å². The zero-order valence-corrected chi connectivity index (χ0v) is 11.1. The molecule has 0 spiro atoms. The van der Waals surface area contributed by atoms with Crippen molar-refractivity contribution in [3.05, 3.63) is 48.5 Å². The monoisotopic (exact) mass is 262 g/mol. The lowest BCUT2D eigenvalue weighted by atomic mass is 10.1. The molecule has 18 heavy (non-hydrogen) atoms. The first-order valence-corrected chi connectivity index (χ1v) is 7.13. The molecule has 3 nitrogen and oxygen atoms in total. The van der Waals surface area contributed by atoms with E-state index in [-0.39, 0.29) is 0 Å². The van der Waals surface area contributed by atoms with Crippen molar-refractivity contribution in [1.82, 2.24) is 0 Å². The Bertz CT molecular complexity index is 532. The van der Waals surface area contributed by atoms with Crippen molar-refractivity contribution >= 4 is 13.3 Å². The van der Waals surface area contributed by atoms with Crippen LogP contribution in [0.15, 0.2) is 48.5 Å². The summed E-state index contributed by atoms with van der Waals surface area (Å²) in [4.78, 5) is 9.01. The number of hydrogen-bond acceptors (Lipinski definition) is 2. The molecule has 0 radical (unpaired) electrons. The predicted molar refractivity (Wildman–Crippen MR) is 73.9 cm³/mol. The Morgan fingerprint density at radius 1 is 1.00 bits per heavy atom. The van der Waals surface area contributed by atoms with Crippen LogP contribution in [0.3, 0.4) is 0 Å². The van der Waals surface area contributed by atoms with Gasteiger partial charge < -0.3 is 9.63 Å². The van der Waals surface area contributed by atoms with E-state index >= 15 is 0 Å². The van der Waals surface area contributed by atoms with Crippen LogP contribution in [0.1, 0.15) is 6.92 Å². The molecule has 2 aromatic rings. The van der Waals surface area contributed by atoms with Crippen LogP contribution in [-0.2, 0) is 4.57 Å². The van der Waals surface area contributed by atoms with Gasteiger partial charge in [0.25, 0.3) is 0 Å². The molecule has 2 rings (SSSR count). The predicted octanol–water partition coefficient (Wildman–Crippen LogP) is 2.84. The number of ether oxygens (including phenoxy) is 1. The van der Waals surface area contributed by atoms with Crippen molar-refractivity contribution in [3.63, 3.8) is 0 Å². The molecule has 0 aliphatic heterocycles. The van der Waals surface area contributed by atoms with Crippen molar-refractivity contribution in [3.8, 4) is 16.9 Å². The van der Waals surface area contributed by atoms with Crippen LogP contribution in [-0.4, -0.2) is 11.5 Å². The molecular formula is C14H15O3P. The van der Waals surface area contributed by atoms with Crippen LogP contribution >= 0.6 is 8.03 Å². The first-order chi connectivity index (χ1) is 8.70. The van der Waals surface area contributed by atoms with Crippen LogP contribution < -0.4 is 10.0 Å². The van der Waals surface area contributed by atoms with Crippen LogP contribution in [0.25, 0.3) is 11.1 Å². The molecule has 0 saturated carbocycles. The van der Waals surface area contributed by atoms with Crippen molar-refractivity contribution in [2.45, 2.75) is 6.92 Å². The van der Waals surface area contributed by atoms with E-state index in [0.29, 0.717) is 11.9 Å². The molecule has 94 valence electrons. The van der Waals surface area contributed by atoms with Crippen LogP contribution in [0.5, 0.6) is 5.75 Å². The lowest BCUT2D eigenvalue weighted by Gasteiger charge is -2.05. The second-order valence-corrected chi connectivity index (χ2v) is 5.03. The Hall–Kier alpha value is -1.57. The third-order valence-electron chi connectivity index (χ3n) is 2.63. The van der Waals surface area contributed by atoms with Gasteiger partial charge in [-0.1, -0.05) is 24.3 Å². The van der Waals surface area contributed by atoms with Crippen LogP contribution in [0.2, 0.25) is 0 Å². The van der Waals surface area contributed by atoms with Gasteiger partial charge in [0, 0.05) is 5.30 Å². The molecule has 1 N–H and O–H groups in total. The number of benzene rings is 2. The summed E-state index contributed by atoms with van der Waals surface area (Å²) in [5.74, 6) is 0.846. The second-order valence-electron chi connectivity index (χ2n) is 3.84. The zero-order chi connectivity index (χ0) is 13.0. The first-order valence-electron chi connectivity index (χ1n) is 5.77. The zero-order valence-electron chi connectivity index (χ0n) is 10.1. The standard InChI is InChI=1S/C14H15O3P/c1-2-17-13-7-3-11(4-8-13)12-5-9-14(10-6-12)18(15)16/h3-10,18H,2H2,1H3,(H,15,16). The van der Waals surface area contributed by atoms with Gasteiger partial charge >= 0.3 is 0 Å². The van der Waals surface area contributed by atoms with E-state index in [9.17, 15) is 4.57 Å². The first kappa shape index (κ1) is 12.9. The van der Waals surface area contributed by atoms with Gasteiger partial charge in [-0.3, -0.25) is 4.57 Å². The Labute approximate surface area is 107 Å². The Balaban J connectivity index is 2.23.